The Balaban J connectivity index is 1.29. The third-order valence-corrected chi connectivity index (χ3v) is 6.82. The van der Waals surface area contributed by atoms with Gasteiger partial charge < -0.3 is 14.2 Å². The molecule has 0 radical (unpaired) electrons. The Hall–Kier alpha value is -4.44. The molecule has 0 saturated carbocycles. The highest BCUT2D eigenvalue weighted by Gasteiger charge is 2.36. The van der Waals surface area contributed by atoms with E-state index in [1.807, 2.05) is 38.1 Å². The number of aromatic nitrogens is 1. The van der Waals surface area contributed by atoms with Crippen LogP contribution in [0.4, 0.5) is 0 Å². The van der Waals surface area contributed by atoms with Crippen molar-refractivity contribution in [1.29, 1.82) is 5.41 Å². The number of hydrogen-bond donors (Lipinski definition) is 1. The van der Waals surface area contributed by atoms with E-state index >= 15 is 0 Å². The number of nitrogens with zero attached hydrogens (tertiary/aromatic N) is 4. The third-order valence-electron chi connectivity index (χ3n) is 5.86. The summed E-state index contributed by atoms with van der Waals surface area (Å²) >= 11 is 1.23. The molecule has 0 bridgehead atoms. The number of pyridine rings is 1. The average molecular weight is 528 g/mol. The second-order valence-corrected chi connectivity index (χ2v) is 9.45. The van der Waals surface area contributed by atoms with Crippen LogP contribution in [0.5, 0.6) is 17.2 Å². The fourth-order valence-electron chi connectivity index (χ4n) is 3.98. The summed E-state index contributed by atoms with van der Waals surface area (Å²) in [6.45, 7) is 4.73. The van der Waals surface area contributed by atoms with Crippen LogP contribution < -0.4 is 14.2 Å². The van der Waals surface area contributed by atoms with Crippen LogP contribution in [0.3, 0.4) is 0 Å². The second kappa shape index (κ2) is 10.9. The number of nitrogens with one attached hydrogen (secondary N) is 1. The van der Waals surface area contributed by atoms with E-state index in [1.54, 1.807) is 49.8 Å². The molecule has 3 heterocycles. The normalized spacial score (nSPS) is 15.8. The average Bonchev–Trinajstić information content (AvgIpc) is 3.35. The van der Waals surface area contributed by atoms with Crippen molar-refractivity contribution in [3.8, 4) is 17.2 Å². The zero-order valence-corrected chi connectivity index (χ0v) is 21.9. The van der Waals surface area contributed by atoms with Gasteiger partial charge in [-0.2, -0.15) is 15.1 Å². The molecule has 1 aromatic heterocycles. The zero-order valence-electron chi connectivity index (χ0n) is 21.1. The molecule has 2 aliphatic heterocycles. The van der Waals surface area contributed by atoms with Gasteiger partial charge in [0.15, 0.2) is 17.3 Å². The monoisotopic (exact) mass is 527 g/mol. The smallest absolute Gasteiger partial charge is 0.283 e. The van der Waals surface area contributed by atoms with Crippen LogP contribution in [0.15, 0.2) is 76.6 Å². The van der Waals surface area contributed by atoms with E-state index in [1.165, 1.54) is 16.8 Å². The lowest BCUT2D eigenvalue weighted by atomic mass is 10.1. The Morgan fingerprint density at radius 2 is 1.82 bits per heavy atom. The number of fused-ring (bicyclic) bond motifs is 1. The summed E-state index contributed by atoms with van der Waals surface area (Å²) < 4.78 is 17.3. The summed E-state index contributed by atoms with van der Waals surface area (Å²) in [5.41, 5.74) is 3.73. The number of hydrogen-bond acceptors (Lipinski definition) is 8. The number of carbonyl (C=O) groups is 1. The predicted molar refractivity (Wildman–Crippen MR) is 148 cm³/mol. The molecule has 5 rings (SSSR count). The summed E-state index contributed by atoms with van der Waals surface area (Å²) in [5, 5.41) is 15.4. The Kier molecular flexibility index (Phi) is 7.23. The highest BCUT2D eigenvalue weighted by Crippen LogP contribution is 2.33. The van der Waals surface area contributed by atoms with E-state index in [4.69, 9.17) is 19.6 Å². The van der Waals surface area contributed by atoms with Crippen LogP contribution in [0.25, 0.3) is 6.08 Å². The highest BCUT2D eigenvalue weighted by atomic mass is 32.2. The molecule has 192 valence electrons. The summed E-state index contributed by atoms with van der Waals surface area (Å²) in [4.78, 5) is 21.0. The lowest BCUT2D eigenvalue weighted by molar-refractivity contribution is -0.114. The maximum absolute atomic E-state index is 12.8. The van der Waals surface area contributed by atoms with Crippen LogP contribution in [0.1, 0.15) is 22.3 Å². The number of amidine groups is 2. The van der Waals surface area contributed by atoms with Crippen LogP contribution >= 0.6 is 11.8 Å². The summed E-state index contributed by atoms with van der Waals surface area (Å²) in [7, 11) is 1.55. The fraction of sp³-hybridized carbons (Fsp3) is 0.179. The topological polar surface area (TPSA) is 109 Å². The summed E-state index contributed by atoms with van der Waals surface area (Å²) in [6.07, 6.45) is 4.95. The Bertz CT molecular complexity index is 1480. The van der Waals surface area contributed by atoms with Crippen molar-refractivity contribution in [3.05, 3.63) is 88.8 Å². The van der Waals surface area contributed by atoms with Crippen molar-refractivity contribution in [3.63, 3.8) is 0 Å². The molecule has 0 aliphatic carbocycles. The van der Waals surface area contributed by atoms with E-state index in [0.717, 1.165) is 22.4 Å². The van der Waals surface area contributed by atoms with Gasteiger partial charge in [0.1, 0.15) is 24.0 Å². The summed E-state index contributed by atoms with van der Waals surface area (Å²) in [6, 6.07) is 15.0. The molecule has 3 aromatic rings. The number of hydrazone groups is 1. The van der Waals surface area contributed by atoms with Crippen molar-refractivity contribution in [1.82, 2.24) is 9.99 Å². The SMILES string of the molecule is COc1cc(C=C2C(=N)N3N=C(c4cccnc4)SC3=NC2=O)ccc1OCCOc1c(C)cccc1C. The first-order valence-electron chi connectivity index (χ1n) is 11.8. The number of methoxy groups -OCH3 is 1. The molecule has 2 aliphatic rings. The van der Waals surface area contributed by atoms with Gasteiger partial charge in [0.2, 0.25) is 5.17 Å². The fourth-order valence-corrected chi connectivity index (χ4v) is 4.86. The lowest BCUT2D eigenvalue weighted by Gasteiger charge is -2.20. The number of aliphatic imine (C=N–C) groups is 1. The first kappa shape index (κ1) is 25.2. The van der Waals surface area contributed by atoms with Gasteiger partial charge in [-0.3, -0.25) is 15.2 Å². The van der Waals surface area contributed by atoms with Crippen LogP contribution in [-0.4, -0.2) is 52.3 Å². The van der Waals surface area contributed by atoms with Crippen molar-refractivity contribution in [2.75, 3.05) is 20.3 Å². The first-order chi connectivity index (χ1) is 18.4. The molecular weight excluding hydrogens is 502 g/mol. The summed E-state index contributed by atoms with van der Waals surface area (Å²) in [5.74, 6) is 1.36. The number of benzene rings is 2. The molecular formula is C28H25N5O4S. The van der Waals surface area contributed by atoms with Crippen molar-refractivity contribution < 1.29 is 19.0 Å². The highest BCUT2D eigenvalue weighted by molar-refractivity contribution is 8.27. The largest absolute Gasteiger partial charge is 0.493 e. The zero-order chi connectivity index (χ0) is 26.6. The van der Waals surface area contributed by atoms with Crippen molar-refractivity contribution in [2.24, 2.45) is 10.1 Å². The number of amides is 1. The molecule has 10 heteroatoms. The number of ether oxygens (including phenoxy) is 3. The van der Waals surface area contributed by atoms with E-state index in [2.05, 4.69) is 15.1 Å². The number of carbonyl (C=O) groups excluding carboxylic acids is 1. The van der Waals surface area contributed by atoms with Gasteiger partial charge in [-0.05, 0) is 72.6 Å². The maximum atomic E-state index is 12.8. The van der Waals surface area contributed by atoms with Crippen molar-refractivity contribution >= 4 is 39.8 Å². The third kappa shape index (κ3) is 5.16. The Morgan fingerprint density at radius 3 is 2.55 bits per heavy atom. The molecule has 9 nitrogen and oxygen atoms in total. The Labute approximate surface area is 224 Å². The molecule has 0 fully saturated rings. The van der Waals surface area contributed by atoms with Gasteiger partial charge in [0, 0.05) is 18.0 Å². The minimum absolute atomic E-state index is 0.0469. The predicted octanol–water partition coefficient (Wildman–Crippen LogP) is 4.83. The quantitative estimate of drug-likeness (QED) is 0.330. The standard InChI is InChI=1S/C28H25N5O4S/c1-17-6-4-7-18(2)24(17)37-13-12-36-22-10-9-19(15-23(22)35-3)14-21-25(29)33-28(31-26(21)34)38-27(32-33)20-8-5-11-30-16-20/h4-11,14-16,29H,12-13H2,1-3H3. The molecule has 0 saturated heterocycles. The number of thioether (sulfide) groups is 1. The molecule has 0 spiro atoms. The van der Waals surface area contributed by atoms with Gasteiger partial charge in [0.05, 0.1) is 12.7 Å². The molecule has 0 unspecified atom stereocenters. The van der Waals surface area contributed by atoms with Gasteiger partial charge >= 0.3 is 0 Å². The second-order valence-electron chi connectivity index (χ2n) is 8.50. The van der Waals surface area contributed by atoms with E-state index in [9.17, 15) is 4.79 Å². The van der Waals surface area contributed by atoms with Gasteiger partial charge in [-0.1, -0.05) is 24.3 Å². The lowest BCUT2D eigenvalue weighted by Crippen LogP contribution is -2.35. The maximum Gasteiger partial charge on any atom is 0.283 e. The van der Waals surface area contributed by atoms with Gasteiger partial charge in [0.25, 0.3) is 5.91 Å². The van der Waals surface area contributed by atoms with Crippen LogP contribution in [0.2, 0.25) is 0 Å². The molecule has 38 heavy (non-hydrogen) atoms. The van der Waals surface area contributed by atoms with Gasteiger partial charge in [-0.15, -0.1) is 0 Å². The van der Waals surface area contributed by atoms with Gasteiger partial charge in [-0.25, -0.2) is 0 Å². The number of rotatable bonds is 8. The number of aryl methyl sites for hydroxylation is 2. The van der Waals surface area contributed by atoms with Crippen LogP contribution in [-0.2, 0) is 4.79 Å². The number of para-hydroxylation sites is 1. The minimum Gasteiger partial charge on any atom is -0.493 e. The molecule has 1 amide bonds. The van der Waals surface area contributed by atoms with E-state index in [0.29, 0.717) is 40.5 Å². The Morgan fingerprint density at radius 1 is 1.03 bits per heavy atom. The van der Waals surface area contributed by atoms with Crippen LogP contribution in [0, 0.1) is 19.3 Å². The molecule has 0 atom stereocenters. The molecule has 2 aromatic carbocycles. The van der Waals surface area contributed by atoms with E-state index in [-0.39, 0.29) is 11.4 Å². The van der Waals surface area contributed by atoms with E-state index < -0.39 is 5.91 Å². The molecule has 1 N–H and O–H groups in total. The minimum atomic E-state index is -0.501. The first-order valence-corrected chi connectivity index (χ1v) is 12.7. The van der Waals surface area contributed by atoms with Crippen molar-refractivity contribution in [2.45, 2.75) is 13.8 Å².